The molecule has 45 heavy (non-hydrogen) atoms. The molecule has 0 spiro atoms. The van der Waals surface area contributed by atoms with Crippen molar-refractivity contribution >= 4 is 44.1 Å². The minimum Gasteiger partial charge on any atom is -0.480 e. The molecule has 4 atom stereocenters. The Morgan fingerprint density at radius 1 is 1.11 bits per heavy atom. The van der Waals surface area contributed by atoms with E-state index < -0.39 is 33.2 Å². The van der Waals surface area contributed by atoms with Gasteiger partial charge in [-0.1, -0.05) is 29.8 Å². The van der Waals surface area contributed by atoms with Gasteiger partial charge in [0.25, 0.3) is 0 Å². The summed E-state index contributed by atoms with van der Waals surface area (Å²) in [5.41, 5.74) is 3.98. The number of pyridine rings is 1. The number of carboxylic acids is 1. The zero-order valence-corrected chi connectivity index (χ0v) is 26.5. The number of nitrogens with zero attached hydrogens (tertiary/aromatic N) is 4. The molecule has 8 rings (SSSR count). The second kappa shape index (κ2) is 11.3. The van der Waals surface area contributed by atoms with E-state index in [1.54, 1.807) is 18.2 Å². The topological polar surface area (TPSA) is 89.7 Å². The van der Waals surface area contributed by atoms with Gasteiger partial charge < -0.3 is 19.1 Å². The van der Waals surface area contributed by atoms with Gasteiger partial charge >= 0.3 is 5.97 Å². The van der Waals surface area contributed by atoms with Crippen molar-refractivity contribution in [3.05, 3.63) is 93.7 Å². The van der Waals surface area contributed by atoms with E-state index in [0.29, 0.717) is 40.8 Å². The molecule has 3 saturated heterocycles. The first-order valence-corrected chi connectivity index (χ1v) is 17.4. The third kappa shape index (κ3) is 5.25. The highest BCUT2D eigenvalue weighted by atomic mass is 35.5. The number of hydrogen-bond donors (Lipinski definition) is 1. The van der Waals surface area contributed by atoms with Crippen LogP contribution in [0.15, 0.2) is 54.7 Å². The Balaban J connectivity index is 1.02. The molecule has 0 bridgehead atoms. The van der Waals surface area contributed by atoms with Crippen LogP contribution in [0.4, 0.5) is 8.78 Å². The number of aromatic nitrogens is 3. The van der Waals surface area contributed by atoms with Gasteiger partial charge in [0, 0.05) is 29.1 Å². The van der Waals surface area contributed by atoms with Crippen molar-refractivity contribution in [2.24, 2.45) is 0 Å². The number of carbonyl (C=O) groups is 1. The molecule has 4 aromatic rings. The fourth-order valence-electron chi connectivity index (χ4n) is 7.18. The molecule has 2 aromatic carbocycles. The normalized spacial score (nSPS) is 25.4. The first kappa shape index (κ1) is 28.8. The molecule has 0 radical (unpaired) electrons. The van der Waals surface area contributed by atoms with Crippen LogP contribution in [0.5, 0.6) is 5.75 Å². The number of halogens is 3. The van der Waals surface area contributed by atoms with E-state index in [9.17, 15) is 14.3 Å². The fourth-order valence-corrected chi connectivity index (χ4v) is 9.55. The third-order valence-corrected chi connectivity index (χ3v) is 12.3. The molecule has 6 heterocycles. The van der Waals surface area contributed by atoms with Gasteiger partial charge in [0.15, 0.2) is 5.65 Å². The lowest BCUT2D eigenvalue weighted by Gasteiger charge is -2.34. The molecule has 0 amide bonds. The predicted octanol–water partition coefficient (Wildman–Crippen LogP) is 6.00. The summed E-state index contributed by atoms with van der Waals surface area (Å²) in [7, 11) is -0.420. The van der Waals surface area contributed by atoms with Crippen LogP contribution >= 0.6 is 11.6 Å². The Morgan fingerprint density at radius 3 is 2.67 bits per heavy atom. The Hall–Kier alpha value is -3.64. The quantitative estimate of drug-likeness (QED) is 0.246. The van der Waals surface area contributed by atoms with E-state index in [1.165, 1.54) is 24.4 Å². The van der Waals surface area contributed by atoms with Crippen LogP contribution in [0.25, 0.3) is 17.0 Å². The van der Waals surface area contributed by atoms with E-state index in [-0.39, 0.29) is 22.1 Å². The molecule has 3 fully saturated rings. The van der Waals surface area contributed by atoms with E-state index in [0.717, 1.165) is 55.9 Å². The second-order valence-corrected chi connectivity index (χ2v) is 15.1. The summed E-state index contributed by atoms with van der Waals surface area (Å²) in [4.78, 5) is 23.4. The minimum absolute atomic E-state index is 0.146. The van der Waals surface area contributed by atoms with Crippen LogP contribution in [0.2, 0.25) is 10.6 Å². The molecule has 8 nitrogen and oxygen atoms in total. The smallest absolute Gasteiger partial charge is 0.337 e. The Bertz CT molecular complexity index is 1860. The highest BCUT2D eigenvalue weighted by Crippen LogP contribution is 2.49. The Labute approximate surface area is 265 Å². The van der Waals surface area contributed by atoms with Gasteiger partial charge in [-0.2, -0.15) is 0 Å². The van der Waals surface area contributed by atoms with Gasteiger partial charge in [-0.15, -0.1) is 0 Å². The van der Waals surface area contributed by atoms with Crippen LogP contribution in [-0.4, -0.2) is 65.8 Å². The third-order valence-electron chi connectivity index (χ3n) is 9.72. The summed E-state index contributed by atoms with van der Waals surface area (Å²) in [5, 5.41) is 9.87. The van der Waals surface area contributed by atoms with Gasteiger partial charge in [-0.3, -0.25) is 4.90 Å². The molecular weight excluding hydrogens is 618 g/mol. The summed E-state index contributed by atoms with van der Waals surface area (Å²) in [6.07, 6.45) is 4.87. The molecule has 4 aliphatic rings. The van der Waals surface area contributed by atoms with Gasteiger partial charge in [-0.25, -0.2) is 23.5 Å². The number of rotatable bonds is 7. The average Bonchev–Trinajstić information content (AvgIpc) is 3.67. The van der Waals surface area contributed by atoms with Crippen LogP contribution in [0.3, 0.4) is 0 Å². The SMILES string of the molecule is O=C(O)c1cnc2nc(CN3CCC(c4cccc5c4OC(c4ccc(Cl)cc4F)C=C5F)CC3)n(C3[SiH2]C3C3CCO3)c2c1. The molecule has 232 valence electrons. The Morgan fingerprint density at radius 2 is 1.93 bits per heavy atom. The van der Waals surface area contributed by atoms with Crippen LogP contribution in [0, 0.1) is 5.82 Å². The Kier molecular flexibility index (Phi) is 7.24. The maximum absolute atomic E-state index is 15.3. The molecule has 4 aliphatic heterocycles. The fraction of sp³-hybridized carbons (Fsp3) is 0.364. The molecular formula is C33H31ClF2N4O4Si. The first-order chi connectivity index (χ1) is 21.8. The summed E-state index contributed by atoms with van der Waals surface area (Å²) in [6.45, 7) is 3.05. The van der Waals surface area contributed by atoms with Crippen molar-refractivity contribution in [3.63, 3.8) is 0 Å². The molecule has 12 heteroatoms. The lowest BCUT2D eigenvalue weighted by atomic mass is 9.86. The second-order valence-electron chi connectivity index (χ2n) is 12.4. The molecule has 0 aliphatic carbocycles. The average molecular weight is 649 g/mol. The number of aromatic carboxylic acids is 1. The number of likely N-dealkylation sites (tertiary alicyclic amines) is 1. The van der Waals surface area contributed by atoms with Gasteiger partial charge in [0.05, 0.1) is 38.8 Å². The zero-order chi connectivity index (χ0) is 30.8. The predicted molar refractivity (Wildman–Crippen MR) is 168 cm³/mol. The van der Waals surface area contributed by atoms with Gasteiger partial charge in [0.1, 0.15) is 29.3 Å². The minimum atomic E-state index is -1.00. The number of benzene rings is 2. The van der Waals surface area contributed by atoms with E-state index in [1.807, 2.05) is 12.1 Å². The number of hydrogen-bond acceptors (Lipinski definition) is 6. The molecule has 2 aromatic heterocycles. The first-order valence-electron chi connectivity index (χ1n) is 15.4. The molecule has 0 saturated carbocycles. The standard InChI is InChI=1S/C33H31ClF2N4O4Si/c34-19-4-5-21(23(35)13-19)27-14-24(36)22-3-1-2-20(29(22)44-27)17-6-9-39(10-7-17)16-28-38-31-25(12-18(15-37-31)33(41)42)40(28)32-30(45-32)26-8-11-43-26/h1-5,12-15,17,26-27,30,32H,6-11,16,45H2,(H,41,42). The lowest BCUT2D eigenvalue weighted by Crippen LogP contribution is -2.33. The number of imidazole rings is 1. The van der Waals surface area contributed by atoms with Gasteiger partial charge in [0.2, 0.25) is 0 Å². The summed E-state index contributed by atoms with van der Waals surface area (Å²) >= 11 is 5.94. The molecule has 4 unspecified atom stereocenters. The number of para-hydroxylation sites is 1. The van der Waals surface area contributed by atoms with E-state index >= 15 is 4.39 Å². The maximum Gasteiger partial charge on any atom is 0.337 e. The van der Waals surface area contributed by atoms with Crippen molar-refractivity contribution in [2.45, 2.75) is 55.1 Å². The highest BCUT2D eigenvalue weighted by molar-refractivity contribution is 6.53. The van der Waals surface area contributed by atoms with Crippen molar-refractivity contribution in [3.8, 4) is 5.75 Å². The van der Waals surface area contributed by atoms with Crippen molar-refractivity contribution in [2.75, 3.05) is 19.7 Å². The monoisotopic (exact) mass is 648 g/mol. The lowest BCUT2D eigenvalue weighted by molar-refractivity contribution is -0.0494. The maximum atomic E-state index is 15.3. The summed E-state index contributed by atoms with van der Waals surface area (Å²) in [6, 6.07) is 11.6. The van der Waals surface area contributed by atoms with Crippen molar-refractivity contribution in [1.82, 2.24) is 19.4 Å². The van der Waals surface area contributed by atoms with E-state index in [2.05, 4.69) is 14.5 Å². The van der Waals surface area contributed by atoms with Gasteiger partial charge in [-0.05, 0) is 79.7 Å². The van der Waals surface area contributed by atoms with E-state index in [4.69, 9.17) is 26.1 Å². The number of piperidine rings is 1. The van der Waals surface area contributed by atoms with Crippen molar-refractivity contribution in [1.29, 1.82) is 0 Å². The number of fused-ring (bicyclic) bond motifs is 2. The zero-order valence-electron chi connectivity index (χ0n) is 24.3. The van der Waals surface area contributed by atoms with Crippen LogP contribution in [-0.2, 0) is 11.3 Å². The highest BCUT2D eigenvalue weighted by Gasteiger charge is 2.49. The number of carboxylic acid groups (broad SMARTS) is 1. The number of ether oxygens (including phenoxy) is 2. The summed E-state index contributed by atoms with van der Waals surface area (Å²) < 4.78 is 44.4. The van der Waals surface area contributed by atoms with Crippen molar-refractivity contribution < 1.29 is 28.2 Å². The molecule has 1 N–H and O–H groups in total. The largest absolute Gasteiger partial charge is 0.480 e. The van der Waals surface area contributed by atoms with Crippen LogP contribution in [0.1, 0.15) is 69.8 Å². The van der Waals surface area contributed by atoms with Crippen LogP contribution < -0.4 is 4.74 Å². The summed E-state index contributed by atoms with van der Waals surface area (Å²) in [5.74, 6) is -0.430.